The number of benzene rings is 1. The maximum atomic E-state index is 11.9. The van der Waals surface area contributed by atoms with Crippen molar-refractivity contribution in [2.45, 2.75) is 38.6 Å². The van der Waals surface area contributed by atoms with Crippen molar-refractivity contribution in [2.24, 2.45) is 0 Å². The first kappa shape index (κ1) is 17.3. The average molecular weight is 270 g/mol. The van der Waals surface area contributed by atoms with Crippen LogP contribution in [-0.2, 0) is 11.0 Å². The number of hydrogen-bond donors (Lipinski definition) is 1. The van der Waals surface area contributed by atoms with E-state index >= 15 is 0 Å². The number of rotatable bonds is 5. The lowest BCUT2D eigenvalue weighted by molar-refractivity contribution is 0.373. The van der Waals surface area contributed by atoms with E-state index in [0.717, 1.165) is 11.4 Å². The first-order valence-electron chi connectivity index (χ1n) is 6.38. The van der Waals surface area contributed by atoms with Crippen LogP contribution < -0.4 is 4.72 Å². The van der Waals surface area contributed by atoms with E-state index in [1.165, 1.54) is 5.56 Å². The van der Waals surface area contributed by atoms with Crippen molar-refractivity contribution >= 4 is 11.0 Å². The number of aryl methyl sites for hydroxylation is 1. The summed E-state index contributed by atoms with van der Waals surface area (Å²) in [4.78, 5) is 2.90. The van der Waals surface area contributed by atoms with Gasteiger partial charge in [0, 0.05) is 12.6 Å². The molecule has 0 aromatic heterocycles. The molecule has 2 unspecified atom stereocenters. The van der Waals surface area contributed by atoms with Gasteiger partial charge in [0.1, 0.15) is 11.0 Å². The summed E-state index contributed by atoms with van der Waals surface area (Å²) >= 11 is 0. The van der Waals surface area contributed by atoms with E-state index in [-0.39, 0.29) is 6.04 Å². The molecule has 18 heavy (non-hydrogen) atoms. The molecule has 0 aliphatic carbocycles. The first-order chi connectivity index (χ1) is 8.49. The van der Waals surface area contributed by atoms with Gasteiger partial charge < -0.3 is 4.90 Å². The van der Waals surface area contributed by atoms with E-state index < -0.39 is 11.0 Å². The SMILES string of the molecule is CC.Cc1ccc(S(=O)NC(C)CN(C)C)cc1. The molecular formula is C14H26N2OS. The van der Waals surface area contributed by atoms with Gasteiger partial charge in [-0.2, -0.15) is 0 Å². The van der Waals surface area contributed by atoms with Crippen LogP contribution in [0.4, 0.5) is 0 Å². The Bertz CT molecular complexity index is 349. The van der Waals surface area contributed by atoms with Gasteiger partial charge in [-0.15, -0.1) is 0 Å². The molecule has 0 radical (unpaired) electrons. The Kier molecular flexibility index (Phi) is 8.89. The summed E-state index contributed by atoms with van der Waals surface area (Å²) in [6, 6.07) is 7.97. The Morgan fingerprint density at radius 1 is 1.22 bits per heavy atom. The van der Waals surface area contributed by atoms with Crippen molar-refractivity contribution in [3.05, 3.63) is 29.8 Å². The van der Waals surface area contributed by atoms with Crippen LogP contribution in [-0.4, -0.2) is 35.8 Å². The summed E-state index contributed by atoms with van der Waals surface area (Å²) in [5, 5.41) is 0. The summed E-state index contributed by atoms with van der Waals surface area (Å²) in [5.74, 6) is 0. The van der Waals surface area contributed by atoms with E-state index in [2.05, 4.69) is 9.62 Å². The molecule has 0 bridgehead atoms. The minimum Gasteiger partial charge on any atom is -0.308 e. The van der Waals surface area contributed by atoms with Gasteiger partial charge in [0.15, 0.2) is 0 Å². The van der Waals surface area contributed by atoms with Gasteiger partial charge >= 0.3 is 0 Å². The highest BCUT2D eigenvalue weighted by Crippen LogP contribution is 2.07. The van der Waals surface area contributed by atoms with Crippen molar-refractivity contribution < 1.29 is 4.21 Å². The molecule has 0 heterocycles. The van der Waals surface area contributed by atoms with Gasteiger partial charge in [-0.3, -0.25) is 0 Å². The third kappa shape index (κ3) is 6.89. The molecule has 0 spiro atoms. The normalized spacial score (nSPS) is 13.7. The van der Waals surface area contributed by atoms with Crippen LogP contribution in [0.25, 0.3) is 0 Å². The fraction of sp³-hybridized carbons (Fsp3) is 0.571. The molecule has 104 valence electrons. The summed E-state index contributed by atoms with van der Waals surface area (Å²) in [5.41, 5.74) is 1.18. The van der Waals surface area contributed by atoms with Crippen LogP contribution in [0.5, 0.6) is 0 Å². The Labute approximate surface area is 114 Å². The summed E-state index contributed by atoms with van der Waals surface area (Å²) in [6.07, 6.45) is 0. The molecular weight excluding hydrogens is 244 g/mol. The zero-order chi connectivity index (χ0) is 14.1. The largest absolute Gasteiger partial charge is 0.308 e. The second kappa shape index (κ2) is 9.25. The van der Waals surface area contributed by atoms with Crippen LogP contribution in [0.2, 0.25) is 0 Å². The Morgan fingerprint density at radius 2 is 1.72 bits per heavy atom. The molecule has 0 aliphatic heterocycles. The topological polar surface area (TPSA) is 32.3 Å². The minimum atomic E-state index is -1.11. The number of likely N-dealkylation sites (N-methyl/N-ethyl adjacent to an activating group) is 1. The first-order valence-corrected chi connectivity index (χ1v) is 7.53. The van der Waals surface area contributed by atoms with Crippen LogP contribution in [0, 0.1) is 6.92 Å². The van der Waals surface area contributed by atoms with Gasteiger partial charge in [-0.25, -0.2) is 8.93 Å². The monoisotopic (exact) mass is 270 g/mol. The zero-order valence-corrected chi connectivity index (χ0v) is 13.2. The van der Waals surface area contributed by atoms with E-state index in [9.17, 15) is 4.21 Å². The lowest BCUT2D eigenvalue weighted by atomic mass is 10.2. The standard InChI is InChI=1S/C12H20N2OS.C2H6/c1-10-5-7-12(8-6-10)16(15)13-11(2)9-14(3)4;1-2/h5-8,11,13H,9H2,1-4H3;1-2H3. The Morgan fingerprint density at radius 3 is 2.17 bits per heavy atom. The summed E-state index contributed by atoms with van der Waals surface area (Å²) in [6.45, 7) is 8.93. The smallest absolute Gasteiger partial charge is 0.125 e. The molecule has 1 aromatic rings. The number of hydrogen-bond acceptors (Lipinski definition) is 2. The average Bonchev–Trinajstić information content (AvgIpc) is 2.31. The van der Waals surface area contributed by atoms with Gasteiger partial charge in [-0.1, -0.05) is 31.5 Å². The van der Waals surface area contributed by atoms with Crippen molar-refractivity contribution in [1.82, 2.24) is 9.62 Å². The molecule has 0 saturated heterocycles. The molecule has 1 rings (SSSR count). The van der Waals surface area contributed by atoms with E-state index in [1.54, 1.807) is 0 Å². The Hall–Kier alpha value is -0.710. The zero-order valence-electron chi connectivity index (χ0n) is 12.4. The second-order valence-electron chi connectivity index (χ2n) is 4.36. The molecule has 1 N–H and O–H groups in total. The lowest BCUT2D eigenvalue weighted by Gasteiger charge is -2.17. The number of nitrogens with zero attached hydrogens (tertiary/aromatic N) is 1. The summed E-state index contributed by atoms with van der Waals surface area (Å²) < 4.78 is 15.0. The van der Waals surface area contributed by atoms with Gasteiger partial charge in [-0.05, 0) is 40.1 Å². The van der Waals surface area contributed by atoms with E-state index in [1.807, 2.05) is 66.1 Å². The summed E-state index contributed by atoms with van der Waals surface area (Å²) in [7, 11) is 2.90. The highest BCUT2D eigenvalue weighted by atomic mass is 32.2. The lowest BCUT2D eigenvalue weighted by Crippen LogP contribution is -2.36. The second-order valence-corrected chi connectivity index (χ2v) is 5.61. The molecule has 0 saturated carbocycles. The van der Waals surface area contributed by atoms with E-state index in [0.29, 0.717) is 0 Å². The highest BCUT2D eigenvalue weighted by Gasteiger charge is 2.08. The van der Waals surface area contributed by atoms with Crippen molar-refractivity contribution in [3.63, 3.8) is 0 Å². The van der Waals surface area contributed by atoms with Gasteiger partial charge in [0.05, 0.1) is 4.90 Å². The predicted molar refractivity (Wildman–Crippen MR) is 80.1 cm³/mol. The predicted octanol–water partition coefficient (Wildman–Crippen LogP) is 2.58. The maximum absolute atomic E-state index is 11.9. The fourth-order valence-electron chi connectivity index (χ4n) is 1.50. The van der Waals surface area contributed by atoms with Crippen molar-refractivity contribution in [1.29, 1.82) is 0 Å². The fourth-order valence-corrected chi connectivity index (χ4v) is 2.46. The van der Waals surface area contributed by atoms with Crippen LogP contribution in [0.15, 0.2) is 29.2 Å². The van der Waals surface area contributed by atoms with Crippen LogP contribution in [0.1, 0.15) is 26.3 Å². The molecule has 1 aromatic carbocycles. The van der Waals surface area contributed by atoms with Gasteiger partial charge in [0.25, 0.3) is 0 Å². The van der Waals surface area contributed by atoms with Crippen molar-refractivity contribution in [3.8, 4) is 0 Å². The number of nitrogens with one attached hydrogen (secondary N) is 1. The Balaban J connectivity index is 0.00000137. The molecule has 0 fully saturated rings. The molecule has 2 atom stereocenters. The molecule has 3 nitrogen and oxygen atoms in total. The third-order valence-corrected chi connectivity index (χ3v) is 3.50. The van der Waals surface area contributed by atoms with E-state index in [4.69, 9.17) is 0 Å². The third-order valence-electron chi connectivity index (χ3n) is 2.18. The minimum absolute atomic E-state index is 0.206. The molecule has 0 amide bonds. The quantitative estimate of drug-likeness (QED) is 0.892. The van der Waals surface area contributed by atoms with Crippen molar-refractivity contribution in [2.75, 3.05) is 20.6 Å². The maximum Gasteiger partial charge on any atom is 0.125 e. The molecule has 0 aliphatic rings. The molecule has 4 heteroatoms. The van der Waals surface area contributed by atoms with Crippen LogP contribution >= 0.6 is 0 Å². The van der Waals surface area contributed by atoms with Crippen LogP contribution in [0.3, 0.4) is 0 Å². The highest BCUT2D eigenvalue weighted by molar-refractivity contribution is 7.83. The van der Waals surface area contributed by atoms with Gasteiger partial charge in [0.2, 0.25) is 0 Å².